The minimum Gasteiger partial charge on any atom is -0.497 e. The molecule has 5 rings (SSSR count). The molecule has 3 aromatic rings. The average Bonchev–Trinajstić information content (AvgIpc) is 3.74. The van der Waals surface area contributed by atoms with Crippen LogP contribution in [0.5, 0.6) is 5.75 Å². The Hall–Kier alpha value is -3.38. The van der Waals surface area contributed by atoms with Crippen LogP contribution in [0.3, 0.4) is 0 Å². The molecule has 6 heteroatoms. The summed E-state index contributed by atoms with van der Waals surface area (Å²) in [6.07, 6.45) is 3.97. The standard InChI is InChI=1S/C29H33N3O3/c1-35-25-10-6-21(7-11-25)19-32-14-12-20(13-15-32)18-30-29(34)26-16-23-4-2-3-5-24(23)17-27(26)31-28(33)22-8-9-22/h2-7,10-11,16-17,20,22H,8-9,12-15,18-19H2,1H3,(H,30,34)(H,31,33). The van der Waals surface area contributed by atoms with Crippen LogP contribution in [0, 0.1) is 11.8 Å². The smallest absolute Gasteiger partial charge is 0.253 e. The summed E-state index contributed by atoms with van der Waals surface area (Å²) in [5.74, 6) is 1.31. The second-order valence-corrected chi connectivity index (χ2v) is 9.79. The van der Waals surface area contributed by atoms with Gasteiger partial charge in [0.1, 0.15) is 5.75 Å². The number of hydrogen-bond donors (Lipinski definition) is 2. The quantitative estimate of drug-likeness (QED) is 0.493. The molecule has 0 atom stereocenters. The molecule has 3 aromatic carbocycles. The Morgan fingerprint density at radius 1 is 0.943 bits per heavy atom. The lowest BCUT2D eigenvalue weighted by atomic mass is 9.96. The van der Waals surface area contributed by atoms with Gasteiger partial charge < -0.3 is 15.4 Å². The molecule has 182 valence electrons. The van der Waals surface area contributed by atoms with E-state index in [1.54, 1.807) is 7.11 Å². The molecule has 2 amide bonds. The Labute approximate surface area is 206 Å². The van der Waals surface area contributed by atoms with Gasteiger partial charge in [-0.05, 0) is 85.3 Å². The van der Waals surface area contributed by atoms with Crippen LogP contribution in [-0.2, 0) is 11.3 Å². The van der Waals surface area contributed by atoms with Gasteiger partial charge in [-0.2, -0.15) is 0 Å². The molecule has 6 nitrogen and oxygen atoms in total. The van der Waals surface area contributed by atoms with Crippen LogP contribution < -0.4 is 15.4 Å². The third kappa shape index (κ3) is 5.82. The first-order valence-corrected chi connectivity index (χ1v) is 12.6. The number of nitrogens with zero attached hydrogens (tertiary/aromatic N) is 1. The Balaban J connectivity index is 1.17. The highest BCUT2D eigenvalue weighted by molar-refractivity contribution is 6.08. The van der Waals surface area contributed by atoms with E-state index in [0.717, 1.165) is 61.8 Å². The van der Waals surface area contributed by atoms with E-state index in [0.29, 0.717) is 23.7 Å². The van der Waals surface area contributed by atoms with E-state index >= 15 is 0 Å². The van der Waals surface area contributed by atoms with Crippen LogP contribution in [0.2, 0.25) is 0 Å². The first-order chi connectivity index (χ1) is 17.1. The molecule has 1 heterocycles. The summed E-state index contributed by atoms with van der Waals surface area (Å²) in [6.45, 7) is 3.62. The second-order valence-electron chi connectivity index (χ2n) is 9.79. The predicted octanol–water partition coefficient (Wildman–Crippen LogP) is 4.84. The summed E-state index contributed by atoms with van der Waals surface area (Å²) in [5, 5.41) is 8.16. The lowest BCUT2D eigenvalue weighted by molar-refractivity contribution is -0.117. The minimum absolute atomic E-state index is 0.0126. The fourth-order valence-electron chi connectivity index (χ4n) is 4.78. The van der Waals surface area contributed by atoms with Crippen molar-refractivity contribution in [3.05, 3.63) is 71.8 Å². The van der Waals surface area contributed by atoms with E-state index < -0.39 is 0 Å². The number of anilines is 1. The molecule has 2 fully saturated rings. The molecule has 0 unspecified atom stereocenters. The van der Waals surface area contributed by atoms with Gasteiger partial charge in [0.05, 0.1) is 18.4 Å². The summed E-state index contributed by atoms with van der Waals surface area (Å²) in [6, 6.07) is 20.0. The first-order valence-electron chi connectivity index (χ1n) is 12.6. The Morgan fingerprint density at radius 2 is 1.63 bits per heavy atom. The third-order valence-corrected chi connectivity index (χ3v) is 7.16. The number of amides is 2. The van der Waals surface area contributed by atoms with Crippen molar-refractivity contribution in [2.75, 3.05) is 32.1 Å². The number of likely N-dealkylation sites (tertiary alicyclic amines) is 1. The van der Waals surface area contributed by atoms with Gasteiger partial charge in [0.15, 0.2) is 0 Å². The van der Waals surface area contributed by atoms with Crippen molar-refractivity contribution >= 4 is 28.3 Å². The number of benzene rings is 3. The van der Waals surface area contributed by atoms with Crippen molar-refractivity contribution in [1.29, 1.82) is 0 Å². The summed E-state index contributed by atoms with van der Waals surface area (Å²) in [4.78, 5) is 28.1. The van der Waals surface area contributed by atoms with Crippen LogP contribution in [-0.4, -0.2) is 43.5 Å². The number of hydrogen-bond acceptors (Lipinski definition) is 4. The number of carbonyl (C=O) groups excluding carboxylic acids is 2. The Bertz CT molecular complexity index is 1200. The highest BCUT2D eigenvalue weighted by Crippen LogP contribution is 2.32. The molecule has 2 aliphatic rings. The van der Waals surface area contributed by atoms with E-state index in [2.05, 4.69) is 27.7 Å². The molecule has 1 saturated heterocycles. The van der Waals surface area contributed by atoms with E-state index in [9.17, 15) is 9.59 Å². The Morgan fingerprint density at radius 3 is 2.29 bits per heavy atom. The monoisotopic (exact) mass is 471 g/mol. The molecule has 0 radical (unpaired) electrons. The second kappa shape index (κ2) is 10.5. The van der Waals surface area contributed by atoms with Gasteiger partial charge >= 0.3 is 0 Å². The normalized spacial score (nSPS) is 16.7. The molecule has 1 aliphatic carbocycles. The highest BCUT2D eigenvalue weighted by Gasteiger charge is 2.30. The minimum atomic E-state index is -0.123. The lowest BCUT2D eigenvalue weighted by Gasteiger charge is -2.32. The largest absolute Gasteiger partial charge is 0.497 e. The Kier molecular flexibility index (Phi) is 7.00. The van der Waals surface area contributed by atoms with Crippen LogP contribution >= 0.6 is 0 Å². The summed E-state index contributed by atoms with van der Waals surface area (Å²) in [7, 11) is 1.68. The maximum absolute atomic E-state index is 13.2. The molecule has 2 N–H and O–H groups in total. The van der Waals surface area contributed by atoms with Crippen molar-refractivity contribution in [3.63, 3.8) is 0 Å². The summed E-state index contributed by atoms with van der Waals surface area (Å²) < 4.78 is 5.24. The number of ether oxygens (including phenoxy) is 1. The maximum atomic E-state index is 13.2. The van der Waals surface area contributed by atoms with E-state index in [1.807, 2.05) is 48.5 Å². The third-order valence-electron chi connectivity index (χ3n) is 7.16. The highest BCUT2D eigenvalue weighted by atomic mass is 16.5. The fraction of sp³-hybridized carbons (Fsp3) is 0.379. The van der Waals surface area contributed by atoms with Gasteiger partial charge in [-0.3, -0.25) is 14.5 Å². The first kappa shape index (κ1) is 23.4. The molecule has 0 bridgehead atoms. The fourth-order valence-corrected chi connectivity index (χ4v) is 4.78. The number of methoxy groups -OCH3 is 1. The van der Waals surface area contributed by atoms with Crippen molar-refractivity contribution in [3.8, 4) is 5.75 Å². The SMILES string of the molecule is COc1ccc(CN2CCC(CNC(=O)c3cc4ccccc4cc3NC(=O)C3CC3)CC2)cc1. The van der Waals surface area contributed by atoms with Crippen molar-refractivity contribution in [1.82, 2.24) is 10.2 Å². The number of piperidine rings is 1. The number of nitrogens with one attached hydrogen (secondary N) is 2. The van der Waals surface area contributed by atoms with Crippen molar-refractivity contribution in [2.24, 2.45) is 11.8 Å². The van der Waals surface area contributed by atoms with Gasteiger partial charge in [0, 0.05) is 19.0 Å². The van der Waals surface area contributed by atoms with E-state index in [-0.39, 0.29) is 17.7 Å². The predicted molar refractivity (Wildman–Crippen MR) is 139 cm³/mol. The summed E-state index contributed by atoms with van der Waals surface area (Å²) >= 11 is 0. The van der Waals surface area contributed by atoms with Crippen molar-refractivity contribution in [2.45, 2.75) is 32.2 Å². The van der Waals surface area contributed by atoms with Crippen molar-refractivity contribution < 1.29 is 14.3 Å². The van der Waals surface area contributed by atoms with Gasteiger partial charge in [-0.1, -0.05) is 36.4 Å². The zero-order valence-corrected chi connectivity index (χ0v) is 20.3. The maximum Gasteiger partial charge on any atom is 0.253 e. The van der Waals surface area contributed by atoms with Crippen LogP contribution in [0.15, 0.2) is 60.7 Å². The molecule has 1 saturated carbocycles. The van der Waals surface area contributed by atoms with E-state index in [1.165, 1.54) is 5.56 Å². The van der Waals surface area contributed by atoms with Crippen LogP contribution in [0.25, 0.3) is 10.8 Å². The van der Waals surface area contributed by atoms with Crippen LogP contribution in [0.1, 0.15) is 41.6 Å². The van der Waals surface area contributed by atoms with Gasteiger partial charge in [-0.25, -0.2) is 0 Å². The van der Waals surface area contributed by atoms with Gasteiger partial charge in [-0.15, -0.1) is 0 Å². The average molecular weight is 472 g/mol. The van der Waals surface area contributed by atoms with Gasteiger partial charge in [0.2, 0.25) is 5.91 Å². The molecule has 0 spiro atoms. The number of fused-ring (bicyclic) bond motifs is 1. The molecular formula is C29H33N3O3. The zero-order valence-electron chi connectivity index (χ0n) is 20.3. The number of carbonyl (C=O) groups is 2. The molecule has 1 aliphatic heterocycles. The topological polar surface area (TPSA) is 70.7 Å². The van der Waals surface area contributed by atoms with Gasteiger partial charge in [0.25, 0.3) is 5.91 Å². The lowest BCUT2D eigenvalue weighted by Crippen LogP contribution is -2.38. The number of rotatable bonds is 8. The molecular weight excluding hydrogens is 438 g/mol. The molecule has 0 aromatic heterocycles. The summed E-state index contributed by atoms with van der Waals surface area (Å²) in [5.41, 5.74) is 2.43. The zero-order chi connectivity index (χ0) is 24.2. The van der Waals surface area contributed by atoms with E-state index in [4.69, 9.17) is 4.74 Å². The molecule has 35 heavy (non-hydrogen) atoms. The van der Waals surface area contributed by atoms with Crippen LogP contribution in [0.4, 0.5) is 5.69 Å².